The maximum absolute atomic E-state index is 9.54. The van der Waals surface area contributed by atoms with Crippen LogP contribution in [-0.2, 0) is 13.2 Å². The minimum absolute atomic E-state index is 0.119. The summed E-state index contributed by atoms with van der Waals surface area (Å²) in [6, 6.07) is 1.91. The van der Waals surface area contributed by atoms with Crippen molar-refractivity contribution in [3.63, 3.8) is 0 Å². The van der Waals surface area contributed by atoms with Crippen LogP contribution in [0.25, 0.3) is 0 Å². The van der Waals surface area contributed by atoms with E-state index in [1.165, 1.54) is 0 Å². The third kappa shape index (κ3) is 2.30. The molecule has 0 bridgehead atoms. The molecule has 3 N–H and O–H groups in total. The van der Waals surface area contributed by atoms with Crippen LogP contribution in [0.5, 0.6) is 11.5 Å². The Labute approximate surface area is 117 Å². The first kappa shape index (κ1) is 13.5. The Bertz CT molecular complexity index is 487. The summed E-state index contributed by atoms with van der Waals surface area (Å²) in [6.45, 7) is 4.32. The SMILES string of the molecule is OCc1cc(N2CCNCC2)c2c(c1CO)OCCO2. The number of fused-ring (bicyclic) bond motifs is 1. The van der Waals surface area contributed by atoms with Crippen molar-refractivity contribution >= 4 is 5.69 Å². The number of benzene rings is 1. The van der Waals surface area contributed by atoms with Crippen LogP contribution in [0.1, 0.15) is 11.1 Å². The van der Waals surface area contributed by atoms with Crippen molar-refractivity contribution in [2.75, 3.05) is 44.3 Å². The summed E-state index contributed by atoms with van der Waals surface area (Å²) in [5, 5.41) is 22.4. The molecule has 0 atom stereocenters. The van der Waals surface area contributed by atoms with Gasteiger partial charge in [-0.15, -0.1) is 0 Å². The first-order chi connectivity index (χ1) is 9.85. The van der Waals surface area contributed by atoms with E-state index in [4.69, 9.17) is 9.47 Å². The summed E-state index contributed by atoms with van der Waals surface area (Å²) in [6.07, 6.45) is 0. The smallest absolute Gasteiger partial charge is 0.185 e. The number of aliphatic hydroxyl groups is 2. The molecule has 0 saturated carbocycles. The van der Waals surface area contributed by atoms with Gasteiger partial charge in [-0.3, -0.25) is 0 Å². The summed E-state index contributed by atoms with van der Waals surface area (Å²) >= 11 is 0. The zero-order chi connectivity index (χ0) is 13.9. The number of ether oxygens (including phenoxy) is 2. The molecule has 0 spiro atoms. The van der Waals surface area contributed by atoms with Crippen LogP contribution in [0.15, 0.2) is 6.07 Å². The molecule has 6 heteroatoms. The highest BCUT2D eigenvalue weighted by atomic mass is 16.6. The van der Waals surface area contributed by atoms with E-state index in [0.29, 0.717) is 35.8 Å². The number of nitrogens with one attached hydrogen (secondary N) is 1. The fourth-order valence-electron chi connectivity index (χ4n) is 2.75. The molecule has 1 aromatic carbocycles. The lowest BCUT2D eigenvalue weighted by atomic mass is 10.0. The molecule has 2 aliphatic heterocycles. The van der Waals surface area contributed by atoms with Gasteiger partial charge in [0, 0.05) is 31.7 Å². The molecule has 110 valence electrons. The predicted octanol–water partition coefficient (Wildman–Crippen LogP) is -0.148. The number of hydrogen-bond donors (Lipinski definition) is 3. The second-order valence-corrected chi connectivity index (χ2v) is 4.94. The van der Waals surface area contributed by atoms with Gasteiger partial charge < -0.3 is 29.9 Å². The van der Waals surface area contributed by atoms with E-state index in [2.05, 4.69) is 10.2 Å². The second-order valence-electron chi connectivity index (χ2n) is 4.94. The Hall–Kier alpha value is -1.50. The quantitative estimate of drug-likeness (QED) is 0.715. The van der Waals surface area contributed by atoms with E-state index in [1.807, 2.05) is 6.07 Å². The van der Waals surface area contributed by atoms with E-state index in [9.17, 15) is 10.2 Å². The van der Waals surface area contributed by atoms with Crippen LogP contribution >= 0.6 is 0 Å². The highest BCUT2D eigenvalue weighted by Crippen LogP contribution is 2.44. The van der Waals surface area contributed by atoms with Crippen molar-refractivity contribution in [2.45, 2.75) is 13.2 Å². The van der Waals surface area contributed by atoms with Crippen LogP contribution in [0, 0.1) is 0 Å². The molecule has 0 amide bonds. The van der Waals surface area contributed by atoms with Gasteiger partial charge >= 0.3 is 0 Å². The van der Waals surface area contributed by atoms with Crippen LogP contribution in [0.2, 0.25) is 0 Å². The van der Waals surface area contributed by atoms with Crippen molar-refractivity contribution in [1.29, 1.82) is 0 Å². The van der Waals surface area contributed by atoms with E-state index in [-0.39, 0.29) is 13.2 Å². The Kier molecular flexibility index (Phi) is 3.95. The van der Waals surface area contributed by atoms with Gasteiger partial charge in [0.2, 0.25) is 0 Å². The molecule has 3 rings (SSSR count). The van der Waals surface area contributed by atoms with Crippen LogP contribution in [0.3, 0.4) is 0 Å². The lowest BCUT2D eigenvalue weighted by Gasteiger charge is -2.33. The van der Waals surface area contributed by atoms with Crippen molar-refractivity contribution in [3.8, 4) is 11.5 Å². The normalized spacial score (nSPS) is 18.2. The van der Waals surface area contributed by atoms with Gasteiger partial charge in [-0.2, -0.15) is 0 Å². The van der Waals surface area contributed by atoms with Crippen molar-refractivity contribution in [2.24, 2.45) is 0 Å². The van der Waals surface area contributed by atoms with Gasteiger partial charge in [0.15, 0.2) is 11.5 Å². The zero-order valence-corrected chi connectivity index (χ0v) is 11.4. The van der Waals surface area contributed by atoms with E-state index in [0.717, 1.165) is 31.9 Å². The summed E-state index contributed by atoms with van der Waals surface area (Å²) in [5.41, 5.74) is 2.27. The Morgan fingerprint density at radius 3 is 2.40 bits per heavy atom. The first-order valence-corrected chi connectivity index (χ1v) is 6.97. The largest absolute Gasteiger partial charge is 0.486 e. The maximum atomic E-state index is 9.54. The molecule has 0 aromatic heterocycles. The third-order valence-corrected chi connectivity index (χ3v) is 3.77. The highest BCUT2D eigenvalue weighted by molar-refractivity contribution is 5.70. The van der Waals surface area contributed by atoms with Gasteiger partial charge in [0.25, 0.3) is 0 Å². The number of anilines is 1. The summed E-state index contributed by atoms with van der Waals surface area (Å²) < 4.78 is 11.5. The van der Waals surface area contributed by atoms with E-state index >= 15 is 0 Å². The number of piperazine rings is 1. The number of aliphatic hydroxyl groups excluding tert-OH is 2. The lowest BCUT2D eigenvalue weighted by molar-refractivity contribution is 0.164. The van der Waals surface area contributed by atoms with Crippen molar-refractivity contribution in [3.05, 3.63) is 17.2 Å². The van der Waals surface area contributed by atoms with Gasteiger partial charge in [-0.1, -0.05) is 0 Å². The van der Waals surface area contributed by atoms with Gasteiger partial charge in [0.05, 0.1) is 18.9 Å². The topological polar surface area (TPSA) is 74.2 Å². The zero-order valence-electron chi connectivity index (χ0n) is 11.4. The molecule has 1 aromatic rings. The fraction of sp³-hybridized carbons (Fsp3) is 0.571. The molecule has 0 aliphatic carbocycles. The molecule has 2 aliphatic rings. The van der Waals surface area contributed by atoms with Gasteiger partial charge in [-0.05, 0) is 11.6 Å². The number of nitrogens with zero attached hydrogens (tertiary/aromatic N) is 1. The van der Waals surface area contributed by atoms with Crippen molar-refractivity contribution in [1.82, 2.24) is 5.32 Å². The van der Waals surface area contributed by atoms with E-state index in [1.54, 1.807) is 0 Å². The molecular weight excluding hydrogens is 260 g/mol. The molecule has 2 heterocycles. The first-order valence-electron chi connectivity index (χ1n) is 6.97. The Morgan fingerprint density at radius 2 is 1.75 bits per heavy atom. The fourth-order valence-corrected chi connectivity index (χ4v) is 2.75. The Morgan fingerprint density at radius 1 is 1.05 bits per heavy atom. The van der Waals surface area contributed by atoms with Crippen molar-refractivity contribution < 1.29 is 19.7 Å². The van der Waals surface area contributed by atoms with Crippen LogP contribution in [-0.4, -0.2) is 49.6 Å². The molecule has 1 saturated heterocycles. The molecule has 0 radical (unpaired) electrons. The molecule has 6 nitrogen and oxygen atoms in total. The summed E-state index contributed by atoms with van der Waals surface area (Å²) in [5.74, 6) is 1.28. The second kappa shape index (κ2) is 5.87. The lowest BCUT2D eigenvalue weighted by Crippen LogP contribution is -2.44. The van der Waals surface area contributed by atoms with Crippen LogP contribution < -0.4 is 19.7 Å². The average Bonchev–Trinajstić information content (AvgIpc) is 2.54. The Balaban J connectivity index is 2.08. The number of hydrogen-bond acceptors (Lipinski definition) is 6. The predicted molar refractivity (Wildman–Crippen MR) is 74.4 cm³/mol. The monoisotopic (exact) mass is 280 g/mol. The minimum atomic E-state index is -0.163. The molecular formula is C14H20N2O4. The summed E-state index contributed by atoms with van der Waals surface area (Å²) in [4.78, 5) is 2.23. The highest BCUT2D eigenvalue weighted by Gasteiger charge is 2.26. The standard InChI is InChI=1S/C14H20N2O4/c17-8-10-7-12(16-3-1-15-2-4-16)14-13(11(10)9-18)19-5-6-20-14/h7,15,17-18H,1-6,8-9H2. The van der Waals surface area contributed by atoms with Gasteiger partial charge in [0.1, 0.15) is 13.2 Å². The third-order valence-electron chi connectivity index (χ3n) is 3.77. The average molecular weight is 280 g/mol. The summed E-state index contributed by atoms with van der Waals surface area (Å²) in [7, 11) is 0. The van der Waals surface area contributed by atoms with E-state index < -0.39 is 0 Å². The molecule has 20 heavy (non-hydrogen) atoms. The minimum Gasteiger partial charge on any atom is -0.486 e. The maximum Gasteiger partial charge on any atom is 0.185 e. The van der Waals surface area contributed by atoms with Crippen LogP contribution in [0.4, 0.5) is 5.69 Å². The van der Waals surface area contributed by atoms with Gasteiger partial charge in [-0.25, -0.2) is 0 Å². The molecule has 0 unspecified atom stereocenters. The number of rotatable bonds is 3. The molecule has 1 fully saturated rings.